The SMILES string of the molecule is CC(C)CNC(=O)c1nn2c(c1Cl)NC(c1ccco1)CC2C(F)(F)F. The number of nitrogens with zero attached hydrogens (tertiary/aromatic N) is 2. The lowest BCUT2D eigenvalue weighted by molar-refractivity contribution is -0.174. The number of rotatable bonds is 4. The van der Waals surface area contributed by atoms with Crippen LogP contribution in [0.4, 0.5) is 19.0 Å². The van der Waals surface area contributed by atoms with Gasteiger partial charge in [0.25, 0.3) is 5.91 Å². The average Bonchev–Trinajstić information content (AvgIpc) is 3.19. The van der Waals surface area contributed by atoms with Crippen LogP contribution in [-0.4, -0.2) is 28.4 Å². The van der Waals surface area contributed by atoms with E-state index in [9.17, 15) is 18.0 Å². The van der Waals surface area contributed by atoms with Crippen molar-refractivity contribution in [3.63, 3.8) is 0 Å². The second-order valence-corrected chi connectivity index (χ2v) is 6.94. The zero-order valence-corrected chi connectivity index (χ0v) is 14.9. The summed E-state index contributed by atoms with van der Waals surface area (Å²) in [5, 5.41) is 9.23. The maximum atomic E-state index is 13.6. The zero-order valence-electron chi connectivity index (χ0n) is 14.1. The van der Waals surface area contributed by atoms with Gasteiger partial charge in [-0.25, -0.2) is 4.68 Å². The number of nitrogens with one attached hydrogen (secondary N) is 2. The number of carbonyl (C=O) groups excluding carboxylic acids is 1. The van der Waals surface area contributed by atoms with Crippen molar-refractivity contribution in [1.82, 2.24) is 15.1 Å². The van der Waals surface area contributed by atoms with Gasteiger partial charge in [0, 0.05) is 13.0 Å². The van der Waals surface area contributed by atoms with Gasteiger partial charge in [-0.2, -0.15) is 18.3 Å². The first kappa shape index (κ1) is 18.6. The van der Waals surface area contributed by atoms with E-state index < -0.39 is 24.2 Å². The molecular weight excluding hydrogens is 373 g/mol. The molecule has 3 heterocycles. The molecule has 1 amide bonds. The third kappa shape index (κ3) is 3.53. The Bertz CT molecular complexity index is 786. The minimum absolute atomic E-state index is 0.0451. The van der Waals surface area contributed by atoms with Crippen molar-refractivity contribution in [3.8, 4) is 0 Å². The fourth-order valence-corrected chi connectivity index (χ4v) is 3.06. The van der Waals surface area contributed by atoms with E-state index in [4.69, 9.17) is 16.0 Å². The number of aromatic nitrogens is 2. The van der Waals surface area contributed by atoms with Crippen molar-refractivity contribution < 1.29 is 22.4 Å². The van der Waals surface area contributed by atoms with E-state index >= 15 is 0 Å². The van der Waals surface area contributed by atoms with Gasteiger partial charge < -0.3 is 15.1 Å². The summed E-state index contributed by atoms with van der Waals surface area (Å²) in [5.41, 5.74) is -0.232. The number of hydrogen-bond acceptors (Lipinski definition) is 4. The fraction of sp³-hybridized carbons (Fsp3) is 0.500. The predicted octanol–water partition coefficient (Wildman–Crippen LogP) is 4.18. The molecule has 0 saturated heterocycles. The maximum absolute atomic E-state index is 13.6. The highest BCUT2D eigenvalue weighted by atomic mass is 35.5. The third-order valence-corrected chi connectivity index (χ3v) is 4.43. The Balaban J connectivity index is 1.97. The van der Waals surface area contributed by atoms with Crippen molar-refractivity contribution in [2.75, 3.05) is 11.9 Å². The van der Waals surface area contributed by atoms with Crippen LogP contribution < -0.4 is 10.6 Å². The third-order valence-electron chi connectivity index (χ3n) is 4.07. The van der Waals surface area contributed by atoms with Crippen LogP contribution in [0.15, 0.2) is 22.8 Å². The number of alkyl halides is 3. The summed E-state index contributed by atoms with van der Waals surface area (Å²) >= 11 is 6.19. The Hall–Kier alpha value is -2.16. The first-order valence-corrected chi connectivity index (χ1v) is 8.49. The molecule has 2 unspecified atom stereocenters. The lowest BCUT2D eigenvalue weighted by Crippen LogP contribution is -2.35. The zero-order chi connectivity index (χ0) is 19.1. The molecule has 0 saturated carbocycles. The van der Waals surface area contributed by atoms with Gasteiger partial charge in [-0.05, 0) is 18.1 Å². The number of halogens is 4. The lowest BCUT2D eigenvalue weighted by atomic mass is 10.0. The van der Waals surface area contributed by atoms with Gasteiger partial charge >= 0.3 is 6.18 Å². The summed E-state index contributed by atoms with van der Waals surface area (Å²) in [6.07, 6.45) is -3.49. The van der Waals surface area contributed by atoms with E-state index in [1.807, 2.05) is 13.8 Å². The van der Waals surface area contributed by atoms with Gasteiger partial charge in [0.1, 0.15) is 16.6 Å². The van der Waals surface area contributed by atoms with Gasteiger partial charge in [-0.1, -0.05) is 25.4 Å². The quantitative estimate of drug-likeness (QED) is 0.821. The highest BCUT2D eigenvalue weighted by Gasteiger charge is 2.48. The van der Waals surface area contributed by atoms with Crippen molar-refractivity contribution in [3.05, 3.63) is 34.9 Å². The lowest BCUT2D eigenvalue weighted by Gasteiger charge is -2.32. The Kier molecular flexibility index (Phi) is 4.92. The minimum atomic E-state index is -4.55. The molecule has 0 radical (unpaired) electrons. The number of fused-ring (bicyclic) bond motifs is 1. The van der Waals surface area contributed by atoms with E-state index in [0.29, 0.717) is 12.3 Å². The molecule has 6 nitrogen and oxygen atoms in total. The molecule has 2 atom stereocenters. The number of anilines is 1. The van der Waals surface area contributed by atoms with Crippen LogP contribution in [0.1, 0.15) is 48.6 Å². The molecule has 1 aliphatic heterocycles. The summed E-state index contributed by atoms with van der Waals surface area (Å²) in [6, 6.07) is 0.530. The van der Waals surface area contributed by atoms with Gasteiger partial charge in [0.15, 0.2) is 11.7 Å². The van der Waals surface area contributed by atoms with Crippen molar-refractivity contribution in [2.24, 2.45) is 5.92 Å². The predicted molar refractivity (Wildman–Crippen MR) is 89.2 cm³/mol. The highest BCUT2D eigenvalue weighted by molar-refractivity contribution is 6.36. The molecule has 10 heteroatoms. The molecule has 26 heavy (non-hydrogen) atoms. The highest BCUT2D eigenvalue weighted by Crippen LogP contribution is 2.46. The molecule has 2 aromatic rings. The second kappa shape index (κ2) is 6.86. The molecule has 3 rings (SSSR count). The molecule has 1 aliphatic rings. The molecule has 0 aliphatic carbocycles. The topological polar surface area (TPSA) is 72.1 Å². The Morgan fingerprint density at radius 2 is 2.27 bits per heavy atom. The first-order valence-electron chi connectivity index (χ1n) is 8.11. The van der Waals surface area contributed by atoms with Crippen molar-refractivity contribution in [1.29, 1.82) is 0 Å². The molecule has 0 bridgehead atoms. The maximum Gasteiger partial charge on any atom is 0.410 e. The number of furan rings is 1. The Morgan fingerprint density at radius 1 is 1.54 bits per heavy atom. The Morgan fingerprint density at radius 3 is 2.85 bits per heavy atom. The van der Waals surface area contributed by atoms with Crippen LogP contribution in [0.5, 0.6) is 0 Å². The average molecular weight is 391 g/mol. The molecule has 0 aromatic carbocycles. The van der Waals surface area contributed by atoms with E-state index in [1.165, 1.54) is 6.26 Å². The monoisotopic (exact) mass is 390 g/mol. The molecule has 2 N–H and O–H groups in total. The van der Waals surface area contributed by atoms with E-state index in [1.54, 1.807) is 12.1 Å². The number of hydrogen-bond donors (Lipinski definition) is 2. The van der Waals surface area contributed by atoms with Crippen LogP contribution in [0, 0.1) is 5.92 Å². The smallest absolute Gasteiger partial charge is 0.410 e. The minimum Gasteiger partial charge on any atom is -0.467 e. The fourth-order valence-electron chi connectivity index (χ4n) is 2.79. The largest absolute Gasteiger partial charge is 0.467 e. The van der Waals surface area contributed by atoms with Gasteiger partial charge in [0.05, 0.1) is 12.3 Å². The van der Waals surface area contributed by atoms with Crippen LogP contribution in [0.2, 0.25) is 5.02 Å². The summed E-state index contributed by atoms with van der Waals surface area (Å²) in [7, 11) is 0. The molecule has 142 valence electrons. The van der Waals surface area contributed by atoms with E-state index in [0.717, 1.165) is 4.68 Å². The van der Waals surface area contributed by atoms with Gasteiger partial charge in [-0.3, -0.25) is 4.79 Å². The van der Waals surface area contributed by atoms with Crippen molar-refractivity contribution in [2.45, 2.75) is 38.5 Å². The normalized spacial score (nSPS) is 20.0. The van der Waals surface area contributed by atoms with Crippen LogP contribution in [0.3, 0.4) is 0 Å². The van der Waals surface area contributed by atoms with Gasteiger partial charge in [-0.15, -0.1) is 0 Å². The first-order chi connectivity index (χ1) is 12.2. The van der Waals surface area contributed by atoms with Crippen LogP contribution in [0.25, 0.3) is 0 Å². The summed E-state index contributed by atoms with van der Waals surface area (Å²) < 4.78 is 46.7. The second-order valence-electron chi connectivity index (χ2n) is 6.57. The van der Waals surface area contributed by atoms with E-state index in [2.05, 4.69) is 15.7 Å². The molecule has 2 aromatic heterocycles. The number of carbonyl (C=O) groups is 1. The number of amides is 1. The van der Waals surface area contributed by atoms with Gasteiger partial charge in [0.2, 0.25) is 0 Å². The van der Waals surface area contributed by atoms with Crippen molar-refractivity contribution >= 4 is 23.3 Å². The summed E-state index contributed by atoms with van der Waals surface area (Å²) in [5.74, 6) is -0.118. The molecule has 0 spiro atoms. The van der Waals surface area contributed by atoms with Crippen LogP contribution >= 0.6 is 11.6 Å². The molecule has 0 fully saturated rings. The molecular formula is C16H18ClF3N4O2. The van der Waals surface area contributed by atoms with Crippen LogP contribution in [-0.2, 0) is 0 Å². The summed E-state index contributed by atoms with van der Waals surface area (Å²) in [4.78, 5) is 12.3. The van der Waals surface area contributed by atoms with E-state index in [-0.39, 0.29) is 28.9 Å². The Labute approximate surface area is 152 Å². The summed E-state index contributed by atoms with van der Waals surface area (Å²) in [6.45, 7) is 4.16. The standard InChI is InChI=1S/C16H18ClF3N4O2/c1-8(2)7-21-15(25)13-12(17)14-22-9(10-4-3-5-26-10)6-11(16(18,19)20)24(14)23-13/h3-5,8-9,11,22H,6-7H2,1-2H3,(H,21,25).